The smallest absolute Gasteiger partial charge is 0.149 e. The van der Waals surface area contributed by atoms with Gasteiger partial charge in [0.2, 0.25) is 0 Å². The molecule has 2 fully saturated rings. The summed E-state index contributed by atoms with van der Waals surface area (Å²) in [7, 11) is 1.80. The van der Waals surface area contributed by atoms with Gasteiger partial charge in [0.25, 0.3) is 0 Å². The van der Waals surface area contributed by atoms with E-state index in [1.165, 1.54) is 0 Å². The predicted octanol–water partition coefficient (Wildman–Crippen LogP) is 2.71. The average Bonchev–Trinajstić information content (AvgIpc) is 3.30. The first kappa shape index (κ1) is 15.0. The van der Waals surface area contributed by atoms with Crippen molar-refractivity contribution in [3.05, 3.63) is 35.4 Å². The summed E-state index contributed by atoms with van der Waals surface area (Å²) in [5.74, 6) is 0.694. The number of fused-ring (bicyclic) bond motifs is 2. The second-order valence-corrected chi connectivity index (χ2v) is 7.22. The van der Waals surface area contributed by atoms with E-state index in [2.05, 4.69) is 25.9 Å². The zero-order chi connectivity index (χ0) is 17.0. The van der Waals surface area contributed by atoms with Gasteiger partial charge >= 0.3 is 0 Å². The Hall–Kier alpha value is -2.28. The Morgan fingerprint density at radius 1 is 1.32 bits per heavy atom. The molecule has 25 heavy (non-hydrogen) atoms. The highest BCUT2D eigenvalue weighted by Gasteiger charge is 2.49. The van der Waals surface area contributed by atoms with Gasteiger partial charge in [-0.25, -0.2) is 9.07 Å². The number of nitrogens with one attached hydrogen (secondary N) is 2. The molecule has 6 nitrogen and oxygen atoms in total. The van der Waals surface area contributed by atoms with E-state index in [1.54, 1.807) is 17.8 Å². The van der Waals surface area contributed by atoms with Gasteiger partial charge < -0.3 is 10.6 Å². The monoisotopic (exact) mass is 340 g/mol. The van der Waals surface area contributed by atoms with Gasteiger partial charge in [-0.15, -0.1) is 5.10 Å². The predicted molar refractivity (Wildman–Crippen MR) is 93.8 cm³/mol. The van der Waals surface area contributed by atoms with E-state index in [0.717, 1.165) is 61.4 Å². The largest absolute Gasteiger partial charge is 0.343 e. The van der Waals surface area contributed by atoms with E-state index in [9.17, 15) is 4.39 Å². The maximum Gasteiger partial charge on any atom is 0.149 e. The van der Waals surface area contributed by atoms with Crippen molar-refractivity contribution < 1.29 is 4.39 Å². The quantitative estimate of drug-likeness (QED) is 0.882. The molecule has 1 spiro atoms. The molecule has 5 rings (SSSR count). The van der Waals surface area contributed by atoms with Gasteiger partial charge in [0.05, 0.1) is 17.7 Å². The van der Waals surface area contributed by atoms with Crippen LogP contribution in [0.25, 0.3) is 5.69 Å². The number of benzene rings is 1. The number of nitrogens with zero attached hydrogens (tertiary/aromatic N) is 4. The first-order valence-electron chi connectivity index (χ1n) is 8.95. The van der Waals surface area contributed by atoms with Crippen molar-refractivity contribution in [2.24, 2.45) is 4.99 Å². The average molecular weight is 340 g/mol. The Morgan fingerprint density at radius 3 is 2.88 bits per heavy atom. The Morgan fingerprint density at radius 2 is 2.20 bits per heavy atom. The summed E-state index contributed by atoms with van der Waals surface area (Å²) in [4.78, 5) is 4.41. The molecule has 1 aromatic carbocycles. The molecule has 2 aliphatic heterocycles. The normalized spacial score (nSPS) is 25.2. The van der Waals surface area contributed by atoms with Crippen LogP contribution in [0.1, 0.15) is 49.4 Å². The van der Waals surface area contributed by atoms with Crippen molar-refractivity contribution in [2.75, 3.05) is 18.9 Å². The first-order valence-corrected chi connectivity index (χ1v) is 8.95. The molecule has 0 bridgehead atoms. The van der Waals surface area contributed by atoms with E-state index >= 15 is 0 Å². The van der Waals surface area contributed by atoms with Crippen LogP contribution in [0.15, 0.2) is 23.3 Å². The topological polar surface area (TPSA) is 67.1 Å². The minimum absolute atomic E-state index is 0.106. The Balaban J connectivity index is 1.54. The number of hydrogen-bond donors (Lipinski definition) is 2. The molecule has 0 unspecified atom stereocenters. The van der Waals surface area contributed by atoms with E-state index < -0.39 is 0 Å². The van der Waals surface area contributed by atoms with Crippen molar-refractivity contribution in [2.45, 2.75) is 43.6 Å². The van der Waals surface area contributed by atoms with Crippen LogP contribution in [0.5, 0.6) is 0 Å². The highest BCUT2D eigenvalue weighted by Crippen LogP contribution is 2.52. The molecular weight excluding hydrogens is 319 g/mol. The van der Waals surface area contributed by atoms with Crippen LogP contribution in [0.2, 0.25) is 0 Å². The number of amidine groups is 1. The number of aliphatic imine (C=N–C) groups is 1. The second kappa shape index (κ2) is 5.36. The number of rotatable bonds is 2. The van der Waals surface area contributed by atoms with Gasteiger partial charge in [-0.2, -0.15) is 0 Å². The fourth-order valence-electron chi connectivity index (χ4n) is 4.41. The van der Waals surface area contributed by atoms with E-state index in [4.69, 9.17) is 0 Å². The van der Waals surface area contributed by atoms with Gasteiger partial charge in [-0.05, 0) is 49.9 Å². The van der Waals surface area contributed by atoms with Crippen LogP contribution in [0.4, 0.5) is 10.1 Å². The van der Waals surface area contributed by atoms with Gasteiger partial charge in [0, 0.05) is 12.7 Å². The number of anilines is 1. The standard InChI is InChI=1S/C18H21FN6/c1-20-17-18(5-3-6-18)11-8-12(19)16(9-14(11)22-17)25-10-15(23-24-25)13-4-2-7-21-13/h8-10,13,21H,2-7H2,1H3,(H,20,22)/t13-/m1/s1. The van der Waals surface area contributed by atoms with Crippen molar-refractivity contribution in [1.82, 2.24) is 20.3 Å². The third-order valence-electron chi connectivity index (χ3n) is 5.91. The summed E-state index contributed by atoms with van der Waals surface area (Å²) in [6.07, 6.45) is 7.22. The Bertz CT molecular complexity index is 860. The van der Waals surface area contributed by atoms with E-state index in [1.807, 2.05) is 12.3 Å². The molecule has 7 heteroatoms. The molecule has 1 saturated carbocycles. The highest BCUT2D eigenvalue weighted by molar-refractivity contribution is 6.10. The zero-order valence-corrected chi connectivity index (χ0v) is 14.2. The summed E-state index contributed by atoms with van der Waals surface area (Å²) < 4.78 is 16.4. The third-order valence-corrected chi connectivity index (χ3v) is 5.91. The number of hydrogen-bond acceptors (Lipinski definition) is 4. The lowest BCUT2D eigenvalue weighted by Gasteiger charge is -2.38. The number of aromatic nitrogens is 3. The fraction of sp³-hybridized carbons (Fsp3) is 0.500. The molecule has 0 amide bonds. The molecule has 3 aliphatic rings. The second-order valence-electron chi connectivity index (χ2n) is 7.22. The minimum Gasteiger partial charge on any atom is -0.343 e. The van der Waals surface area contributed by atoms with Crippen molar-refractivity contribution in [1.29, 1.82) is 0 Å². The minimum atomic E-state index is -0.264. The van der Waals surface area contributed by atoms with Crippen molar-refractivity contribution >= 4 is 11.5 Å². The summed E-state index contributed by atoms with van der Waals surface area (Å²) in [5.41, 5.74) is 3.16. The van der Waals surface area contributed by atoms with Gasteiger partial charge in [0.1, 0.15) is 23.0 Å². The molecule has 130 valence electrons. The molecular formula is C18H21FN6. The molecule has 0 radical (unpaired) electrons. The lowest BCUT2D eigenvalue weighted by atomic mass is 9.65. The lowest BCUT2D eigenvalue weighted by Crippen LogP contribution is -2.41. The third kappa shape index (κ3) is 2.08. The lowest BCUT2D eigenvalue weighted by molar-refractivity contribution is 0.346. The molecule has 3 heterocycles. The van der Waals surface area contributed by atoms with Crippen LogP contribution in [0.3, 0.4) is 0 Å². The summed E-state index contributed by atoms with van der Waals surface area (Å²) >= 11 is 0. The molecule has 1 aliphatic carbocycles. The van der Waals surface area contributed by atoms with Crippen LogP contribution >= 0.6 is 0 Å². The fourth-order valence-corrected chi connectivity index (χ4v) is 4.41. The Kier molecular flexibility index (Phi) is 3.22. The van der Waals surface area contributed by atoms with E-state index in [-0.39, 0.29) is 17.3 Å². The Labute approximate surface area is 145 Å². The van der Waals surface area contributed by atoms with Gasteiger partial charge in [0.15, 0.2) is 0 Å². The SMILES string of the molecule is CN=C1Nc2cc(-n3cc([C@H]4CCCN4)nn3)c(F)cc2C12CCC2. The summed E-state index contributed by atoms with van der Waals surface area (Å²) in [6.45, 7) is 0.996. The van der Waals surface area contributed by atoms with Crippen molar-refractivity contribution in [3.8, 4) is 5.69 Å². The van der Waals surface area contributed by atoms with Gasteiger partial charge in [-0.3, -0.25) is 4.99 Å². The van der Waals surface area contributed by atoms with Crippen LogP contribution in [-0.4, -0.2) is 34.4 Å². The molecule has 1 atom stereocenters. The first-order chi connectivity index (χ1) is 12.2. The van der Waals surface area contributed by atoms with E-state index in [0.29, 0.717) is 5.69 Å². The van der Waals surface area contributed by atoms with Crippen molar-refractivity contribution in [3.63, 3.8) is 0 Å². The number of halogens is 1. The summed E-state index contributed by atoms with van der Waals surface area (Å²) in [6, 6.07) is 3.72. The van der Waals surface area contributed by atoms with Crippen LogP contribution in [0, 0.1) is 5.82 Å². The van der Waals surface area contributed by atoms with Crippen LogP contribution in [-0.2, 0) is 5.41 Å². The maximum absolute atomic E-state index is 14.9. The molecule has 2 aromatic rings. The van der Waals surface area contributed by atoms with Gasteiger partial charge in [-0.1, -0.05) is 11.6 Å². The molecule has 1 aromatic heterocycles. The molecule has 1 saturated heterocycles. The molecule has 2 N–H and O–H groups in total. The summed E-state index contributed by atoms with van der Waals surface area (Å²) in [5, 5.41) is 15.2. The highest BCUT2D eigenvalue weighted by atomic mass is 19.1. The zero-order valence-electron chi connectivity index (χ0n) is 14.2. The van der Waals surface area contributed by atoms with Crippen LogP contribution < -0.4 is 10.6 Å². The maximum atomic E-state index is 14.9.